The number of esters is 1. The van der Waals surface area contributed by atoms with Crippen molar-refractivity contribution >= 4 is 5.97 Å². The molecular formula is C10H19NO2. The number of nitrogens with two attached hydrogens (primary N) is 1. The van der Waals surface area contributed by atoms with E-state index in [1.54, 1.807) is 6.08 Å². The summed E-state index contributed by atoms with van der Waals surface area (Å²) in [5.74, 6) is -0.204. The average molecular weight is 185 g/mol. The summed E-state index contributed by atoms with van der Waals surface area (Å²) in [7, 11) is 0. The van der Waals surface area contributed by atoms with Crippen LogP contribution in [0.4, 0.5) is 0 Å². The van der Waals surface area contributed by atoms with Crippen LogP contribution in [0.1, 0.15) is 33.6 Å². The van der Waals surface area contributed by atoms with Gasteiger partial charge in [0, 0.05) is 12.5 Å². The van der Waals surface area contributed by atoms with E-state index in [4.69, 9.17) is 10.5 Å². The zero-order valence-corrected chi connectivity index (χ0v) is 8.67. The zero-order valence-electron chi connectivity index (χ0n) is 8.67. The summed E-state index contributed by atoms with van der Waals surface area (Å²) >= 11 is 0. The molecule has 0 rings (SSSR count). The molecule has 3 heteroatoms. The minimum atomic E-state index is -0.407. The normalized spacial score (nSPS) is 13.5. The summed E-state index contributed by atoms with van der Waals surface area (Å²) in [5.41, 5.74) is 5.15. The monoisotopic (exact) mass is 185 g/mol. The summed E-state index contributed by atoms with van der Waals surface area (Å²) in [6.07, 6.45) is 2.58. The molecular weight excluding hydrogens is 166 g/mol. The number of rotatable bonds is 4. The van der Waals surface area contributed by atoms with Gasteiger partial charge < -0.3 is 10.5 Å². The fourth-order valence-electron chi connectivity index (χ4n) is 0.795. The van der Waals surface area contributed by atoms with Gasteiger partial charge in [-0.25, -0.2) is 0 Å². The summed E-state index contributed by atoms with van der Waals surface area (Å²) in [6.45, 7) is 9.07. The minimum absolute atomic E-state index is 0.118. The maximum Gasteiger partial charge on any atom is 0.306 e. The lowest BCUT2D eigenvalue weighted by molar-refractivity contribution is -0.154. The number of hydrogen-bond acceptors (Lipinski definition) is 3. The molecule has 0 aromatic heterocycles. The summed E-state index contributed by atoms with van der Waals surface area (Å²) in [5, 5.41) is 0. The smallest absolute Gasteiger partial charge is 0.306 e. The molecule has 2 N–H and O–H groups in total. The highest BCUT2D eigenvalue weighted by Gasteiger charge is 2.16. The van der Waals surface area contributed by atoms with E-state index in [0.29, 0.717) is 12.8 Å². The Morgan fingerprint density at radius 3 is 2.54 bits per heavy atom. The van der Waals surface area contributed by atoms with Gasteiger partial charge in [-0.1, -0.05) is 6.08 Å². The van der Waals surface area contributed by atoms with E-state index < -0.39 is 5.60 Å². The largest absolute Gasteiger partial charge is 0.460 e. The van der Waals surface area contributed by atoms with Crippen molar-refractivity contribution < 1.29 is 9.53 Å². The van der Waals surface area contributed by atoms with E-state index in [9.17, 15) is 4.79 Å². The quantitative estimate of drug-likeness (QED) is 0.535. The van der Waals surface area contributed by atoms with Crippen molar-refractivity contribution in [2.75, 3.05) is 0 Å². The van der Waals surface area contributed by atoms with Crippen LogP contribution in [0.2, 0.25) is 0 Å². The van der Waals surface area contributed by atoms with E-state index in [1.165, 1.54) is 0 Å². The first-order valence-corrected chi connectivity index (χ1v) is 4.45. The Bertz CT molecular complexity index is 182. The van der Waals surface area contributed by atoms with Crippen LogP contribution >= 0.6 is 0 Å². The molecule has 0 aliphatic rings. The van der Waals surface area contributed by atoms with Crippen LogP contribution in [-0.2, 0) is 9.53 Å². The van der Waals surface area contributed by atoms with Gasteiger partial charge in [0.1, 0.15) is 5.60 Å². The van der Waals surface area contributed by atoms with Crippen LogP contribution in [0.15, 0.2) is 12.7 Å². The third-order valence-corrected chi connectivity index (χ3v) is 1.40. The maximum absolute atomic E-state index is 11.2. The average Bonchev–Trinajstić information content (AvgIpc) is 1.97. The highest BCUT2D eigenvalue weighted by molar-refractivity contribution is 5.69. The molecule has 76 valence electrons. The lowest BCUT2D eigenvalue weighted by Gasteiger charge is -2.19. The Labute approximate surface area is 79.9 Å². The number of hydrogen-bond donors (Lipinski definition) is 1. The Morgan fingerprint density at radius 1 is 1.62 bits per heavy atom. The molecule has 0 aromatic carbocycles. The number of carbonyl (C=O) groups excluding carboxylic acids is 1. The molecule has 13 heavy (non-hydrogen) atoms. The van der Waals surface area contributed by atoms with Gasteiger partial charge in [0.15, 0.2) is 0 Å². The van der Waals surface area contributed by atoms with Gasteiger partial charge in [0.25, 0.3) is 0 Å². The molecule has 0 radical (unpaired) electrons. The van der Waals surface area contributed by atoms with Crippen molar-refractivity contribution in [2.45, 2.75) is 45.3 Å². The molecule has 0 amide bonds. The lowest BCUT2D eigenvalue weighted by Crippen LogP contribution is -2.25. The molecule has 0 spiro atoms. The van der Waals surface area contributed by atoms with Gasteiger partial charge >= 0.3 is 5.97 Å². The Hall–Kier alpha value is -0.830. The second-order valence-electron chi connectivity index (χ2n) is 4.02. The zero-order chi connectivity index (χ0) is 10.5. The summed E-state index contributed by atoms with van der Waals surface area (Å²) in [6, 6.07) is -0.118. The van der Waals surface area contributed by atoms with Crippen LogP contribution in [0.25, 0.3) is 0 Å². The Morgan fingerprint density at radius 2 is 2.15 bits per heavy atom. The predicted octanol–water partition coefficient (Wildman–Crippen LogP) is 1.62. The molecule has 0 bridgehead atoms. The fraction of sp³-hybridized carbons (Fsp3) is 0.700. The topological polar surface area (TPSA) is 52.3 Å². The molecule has 0 saturated carbocycles. The molecule has 0 aliphatic heterocycles. The van der Waals surface area contributed by atoms with Crippen molar-refractivity contribution in [1.82, 2.24) is 0 Å². The van der Waals surface area contributed by atoms with Gasteiger partial charge in [-0.15, -0.1) is 6.58 Å². The van der Waals surface area contributed by atoms with Crippen LogP contribution in [0.5, 0.6) is 0 Å². The van der Waals surface area contributed by atoms with Crippen LogP contribution in [-0.4, -0.2) is 17.6 Å². The molecule has 0 aliphatic carbocycles. The van der Waals surface area contributed by atoms with E-state index in [1.807, 2.05) is 20.8 Å². The van der Waals surface area contributed by atoms with Crippen molar-refractivity contribution in [3.8, 4) is 0 Å². The summed E-state index contributed by atoms with van der Waals surface area (Å²) < 4.78 is 5.10. The van der Waals surface area contributed by atoms with Gasteiger partial charge in [-0.3, -0.25) is 4.79 Å². The Kier molecular flexibility index (Phi) is 4.70. The predicted molar refractivity (Wildman–Crippen MR) is 53.3 cm³/mol. The van der Waals surface area contributed by atoms with Crippen molar-refractivity contribution in [3.05, 3.63) is 12.7 Å². The fourth-order valence-corrected chi connectivity index (χ4v) is 0.795. The molecule has 0 saturated heterocycles. The first kappa shape index (κ1) is 12.2. The minimum Gasteiger partial charge on any atom is -0.460 e. The molecule has 1 unspecified atom stereocenters. The first-order chi connectivity index (χ1) is 5.85. The van der Waals surface area contributed by atoms with Crippen LogP contribution in [0, 0.1) is 0 Å². The van der Waals surface area contributed by atoms with Gasteiger partial charge in [-0.05, 0) is 27.2 Å². The van der Waals surface area contributed by atoms with Gasteiger partial charge in [0.05, 0.1) is 0 Å². The standard InChI is InChI=1S/C10H19NO2/c1-5-8(11)6-7-9(12)13-10(2,3)4/h5,8H,1,6-7,11H2,2-4H3. The molecule has 0 aromatic rings. The number of carbonyl (C=O) groups is 1. The van der Waals surface area contributed by atoms with Crippen molar-refractivity contribution in [1.29, 1.82) is 0 Å². The number of ether oxygens (including phenoxy) is 1. The van der Waals surface area contributed by atoms with E-state index in [-0.39, 0.29) is 12.0 Å². The maximum atomic E-state index is 11.2. The van der Waals surface area contributed by atoms with E-state index >= 15 is 0 Å². The second-order valence-corrected chi connectivity index (χ2v) is 4.02. The van der Waals surface area contributed by atoms with Gasteiger partial charge in [-0.2, -0.15) is 0 Å². The first-order valence-electron chi connectivity index (χ1n) is 4.45. The molecule has 0 fully saturated rings. The molecule has 1 atom stereocenters. The van der Waals surface area contributed by atoms with Crippen LogP contribution in [0.3, 0.4) is 0 Å². The second kappa shape index (κ2) is 5.02. The highest BCUT2D eigenvalue weighted by atomic mass is 16.6. The third-order valence-electron chi connectivity index (χ3n) is 1.40. The van der Waals surface area contributed by atoms with Gasteiger partial charge in [0.2, 0.25) is 0 Å². The van der Waals surface area contributed by atoms with Crippen molar-refractivity contribution in [3.63, 3.8) is 0 Å². The third kappa shape index (κ3) is 7.53. The Balaban J connectivity index is 3.70. The molecule has 0 heterocycles. The SMILES string of the molecule is C=CC(N)CCC(=O)OC(C)(C)C. The summed E-state index contributed by atoms with van der Waals surface area (Å²) in [4.78, 5) is 11.2. The van der Waals surface area contributed by atoms with Crippen molar-refractivity contribution in [2.24, 2.45) is 5.73 Å². The molecule has 3 nitrogen and oxygen atoms in total. The van der Waals surface area contributed by atoms with Crippen LogP contribution < -0.4 is 5.73 Å². The lowest BCUT2D eigenvalue weighted by atomic mass is 10.1. The highest BCUT2D eigenvalue weighted by Crippen LogP contribution is 2.09. The van der Waals surface area contributed by atoms with E-state index in [0.717, 1.165) is 0 Å². The van der Waals surface area contributed by atoms with E-state index in [2.05, 4.69) is 6.58 Å².